The van der Waals surface area contributed by atoms with Gasteiger partial charge in [0, 0.05) is 34.0 Å². The number of carbonyl (C=O) groups is 2. The quantitative estimate of drug-likeness (QED) is 0.127. The van der Waals surface area contributed by atoms with Crippen LogP contribution in [0.15, 0.2) is 84.9 Å². The topological polar surface area (TPSA) is 89.9 Å². The molecule has 0 atom stereocenters. The summed E-state index contributed by atoms with van der Waals surface area (Å²) in [5.41, 5.74) is 4.24. The summed E-state index contributed by atoms with van der Waals surface area (Å²) in [6.45, 7) is 3.47. The molecule has 0 bridgehead atoms. The molecule has 1 N–H and O–H groups in total. The number of hydrogen-bond donors (Lipinski definition) is 1. The van der Waals surface area contributed by atoms with Gasteiger partial charge < -0.3 is 9.05 Å². The maximum absolute atomic E-state index is 12.8. The zero-order chi connectivity index (χ0) is 29.6. The summed E-state index contributed by atoms with van der Waals surface area (Å²) in [4.78, 5) is 35.9. The monoisotopic (exact) mass is 610 g/mol. The molecule has 0 saturated carbocycles. The van der Waals surface area contributed by atoms with Gasteiger partial charge in [-0.15, -0.1) is 0 Å². The molecule has 6 nitrogen and oxygen atoms in total. The Labute approximate surface area is 249 Å². The Kier molecular flexibility index (Phi) is 10.1. The summed E-state index contributed by atoms with van der Waals surface area (Å²) in [7, 11) is -4.56. The molecule has 0 unspecified atom stereocenters. The molecule has 0 aromatic heterocycles. The molecule has 0 aliphatic carbocycles. The second-order valence-corrected chi connectivity index (χ2v) is 11.9. The van der Waals surface area contributed by atoms with E-state index in [2.05, 4.69) is 0 Å². The Balaban J connectivity index is 1.34. The highest BCUT2D eigenvalue weighted by Gasteiger charge is 2.26. The molecular weight excluding hydrogens is 582 g/mol. The highest BCUT2D eigenvalue weighted by molar-refractivity contribution is 7.48. The van der Waals surface area contributed by atoms with Crippen LogP contribution in [0.5, 0.6) is 11.5 Å². The average molecular weight is 611 g/mol. The van der Waals surface area contributed by atoms with Crippen molar-refractivity contribution in [1.82, 2.24) is 0 Å². The first kappa shape index (κ1) is 30.5. The summed E-state index contributed by atoms with van der Waals surface area (Å²) in [6, 6.07) is 23.8. The predicted octanol–water partition coefficient (Wildman–Crippen LogP) is 8.80. The van der Waals surface area contributed by atoms with Gasteiger partial charge in [-0.1, -0.05) is 47.5 Å². The van der Waals surface area contributed by atoms with E-state index in [0.717, 1.165) is 11.1 Å². The van der Waals surface area contributed by atoms with E-state index in [4.69, 9.17) is 32.2 Å². The fourth-order valence-corrected chi connectivity index (χ4v) is 5.43. The number of ketones is 2. The Hall–Kier alpha value is -3.41. The number of phosphoric ester groups is 1. The third kappa shape index (κ3) is 8.79. The van der Waals surface area contributed by atoms with E-state index in [1.54, 1.807) is 50.2 Å². The third-order valence-electron chi connectivity index (χ3n) is 6.55. The van der Waals surface area contributed by atoms with E-state index >= 15 is 0 Å². The van der Waals surface area contributed by atoms with E-state index in [1.165, 1.54) is 24.3 Å². The summed E-state index contributed by atoms with van der Waals surface area (Å²) in [6.07, 6.45) is 1.76. The average Bonchev–Trinajstić information content (AvgIpc) is 2.92. The lowest BCUT2D eigenvalue weighted by Gasteiger charge is -2.16. The van der Waals surface area contributed by atoms with Crippen LogP contribution in [0, 0.1) is 13.8 Å². The van der Waals surface area contributed by atoms with Crippen molar-refractivity contribution >= 4 is 42.6 Å². The van der Waals surface area contributed by atoms with Gasteiger partial charge in [-0.2, -0.15) is 0 Å². The summed E-state index contributed by atoms with van der Waals surface area (Å²) in [5.74, 6) is 0.0815. The van der Waals surface area contributed by atoms with E-state index < -0.39 is 7.82 Å². The smallest absolute Gasteiger partial charge is 0.395 e. The Morgan fingerprint density at radius 2 is 1.02 bits per heavy atom. The van der Waals surface area contributed by atoms with Crippen LogP contribution in [0.1, 0.15) is 55.8 Å². The standard InChI is InChI=1S/C32H29Cl2O6P/c1-21-19-27(13-15-29(21)31(35)17-7-23-3-9-25(33)10-4-23)39-41(37,38)40-28-14-16-30(22(2)20-28)32(36)18-8-24-5-11-26(34)12-6-24/h3-6,9-16,19-20H,7-8,17-18H2,1-2H3,(H,37,38). The van der Waals surface area contributed by atoms with Gasteiger partial charge in [0.25, 0.3) is 0 Å². The van der Waals surface area contributed by atoms with E-state index in [-0.39, 0.29) is 23.1 Å². The maximum atomic E-state index is 12.8. The normalized spacial score (nSPS) is 11.2. The van der Waals surface area contributed by atoms with Crippen molar-refractivity contribution in [2.75, 3.05) is 0 Å². The van der Waals surface area contributed by atoms with Crippen molar-refractivity contribution in [2.45, 2.75) is 39.5 Å². The van der Waals surface area contributed by atoms with Gasteiger partial charge >= 0.3 is 7.82 Å². The SMILES string of the molecule is Cc1cc(OP(=O)(O)Oc2ccc(C(=O)CCc3ccc(Cl)cc3)c(C)c2)ccc1C(=O)CCc1ccc(Cl)cc1. The van der Waals surface area contributed by atoms with Crippen LogP contribution in [0.2, 0.25) is 10.0 Å². The Morgan fingerprint density at radius 3 is 1.37 bits per heavy atom. The number of Topliss-reactive ketones (excluding diaryl/α,β-unsaturated/α-hetero) is 2. The van der Waals surface area contributed by atoms with Crippen LogP contribution in [0.3, 0.4) is 0 Å². The molecule has 0 saturated heterocycles. The zero-order valence-electron chi connectivity index (χ0n) is 22.6. The number of hydrogen-bond acceptors (Lipinski definition) is 5. The molecule has 0 fully saturated rings. The minimum Gasteiger partial charge on any atom is -0.395 e. The largest absolute Gasteiger partial charge is 0.584 e. The van der Waals surface area contributed by atoms with Crippen LogP contribution >= 0.6 is 31.0 Å². The van der Waals surface area contributed by atoms with Crippen LogP contribution in [-0.2, 0) is 17.4 Å². The van der Waals surface area contributed by atoms with Gasteiger partial charge in [0.2, 0.25) is 0 Å². The maximum Gasteiger partial charge on any atom is 0.584 e. The van der Waals surface area contributed by atoms with Crippen LogP contribution in [0.25, 0.3) is 0 Å². The summed E-state index contributed by atoms with van der Waals surface area (Å²) >= 11 is 11.8. The molecule has 212 valence electrons. The second kappa shape index (κ2) is 13.5. The van der Waals surface area contributed by atoms with Gasteiger partial charge in [-0.05, 0) is 110 Å². The minimum absolute atomic E-state index is 0.0503. The molecule has 4 aromatic carbocycles. The molecule has 41 heavy (non-hydrogen) atoms. The van der Waals surface area contributed by atoms with Crippen molar-refractivity contribution in [3.63, 3.8) is 0 Å². The number of aryl methyl sites for hydroxylation is 4. The molecule has 4 rings (SSSR count). The lowest BCUT2D eigenvalue weighted by atomic mass is 9.99. The van der Waals surface area contributed by atoms with Crippen LogP contribution in [-0.4, -0.2) is 16.5 Å². The minimum atomic E-state index is -4.56. The number of halogens is 2. The highest BCUT2D eigenvalue weighted by Crippen LogP contribution is 2.45. The van der Waals surface area contributed by atoms with Crippen molar-refractivity contribution < 1.29 is 28.1 Å². The summed E-state index contributed by atoms with van der Waals surface area (Å²) < 4.78 is 23.3. The molecule has 0 aliphatic rings. The first-order valence-corrected chi connectivity index (χ1v) is 15.2. The molecular formula is C32H29Cl2O6P. The molecule has 0 spiro atoms. The Morgan fingerprint density at radius 1 is 0.659 bits per heavy atom. The molecule has 0 radical (unpaired) electrons. The van der Waals surface area contributed by atoms with Gasteiger partial charge in [0.15, 0.2) is 11.6 Å². The van der Waals surface area contributed by atoms with E-state index in [1.807, 2.05) is 24.3 Å². The first-order chi connectivity index (χ1) is 19.5. The molecule has 0 aliphatic heterocycles. The van der Waals surface area contributed by atoms with Gasteiger partial charge in [-0.3, -0.25) is 14.5 Å². The van der Waals surface area contributed by atoms with E-state index in [0.29, 0.717) is 58.0 Å². The van der Waals surface area contributed by atoms with Crippen molar-refractivity contribution in [3.05, 3.63) is 128 Å². The Bertz CT molecular complexity index is 1480. The van der Waals surface area contributed by atoms with E-state index in [9.17, 15) is 19.0 Å². The first-order valence-electron chi connectivity index (χ1n) is 13.0. The van der Waals surface area contributed by atoms with Crippen molar-refractivity contribution in [1.29, 1.82) is 0 Å². The fourth-order valence-electron chi connectivity index (χ4n) is 4.38. The zero-order valence-corrected chi connectivity index (χ0v) is 25.0. The third-order valence-corrected chi connectivity index (χ3v) is 7.93. The predicted molar refractivity (Wildman–Crippen MR) is 162 cm³/mol. The second-order valence-electron chi connectivity index (χ2n) is 9.70. The van der Waals surface area contributed by atoms with Crippen molar-refractivity contribution in [2.24, 2.45) is 0 Å². The van der Waals surface area contributed by atoms with Crippen LogP contribution in [0.4, 0.5) is 0 Å². The number of rotatable bonds is 12. The number of benzene rings is 4. The molecule has 4 aromatic rings. The van der Waals surface area contributed by atoms with Crippen LogP contribution < -0.4 is 9.05 Å². The fraction of sp³-hybridized carbons (Fsp3) is 0.188. The lowest BCUT2D eigenvalue weighted by molar-refractivity contribution is 0.0974. The van der Waals surface area contributed by atoms with Crippen molar-refractivity contribution in [3.8, 4) is 11.5 Å². The lowest BCUT2D eigenvalue weighted by Crippen LogP contribution is -2.06. The van der Waals surface area contributed by atoms with Gasteiger partial charge in [0.1, 0.15) is 11.5 Å². The van der Waals surface area contributed by atoms with Gasteiger partial charge in [0.05, 0.1) is 0 Å². The van der Waals surface area contributed by atoms with Gasteiger partial charge in [-0.25, -0.2) is 4.57 Å². The number of carbonyl (C=O) groups excluding carboxylic acids is 2. The highest BCUT2D eigenvalue weighted by atomic mass is 35.5. The molecule has 0 amide bonds. The number of phosphoric acid groups is 1. The summed E-state index contributed by atoms with van der Waals surface area (Å²) in [5, 5.41) is 1.28. The molecule has 0 heterocycles. The molecule has 9 heteroatoms.